The van der Waals surface area contributed by atoms with E-state index in [9.17, 15) is 4.79 Å². The maximum absolute atomic E-state index is 12.5. The molecule has 2 aromatic carbocycles. The van der Waals surface area contributed by atoms with E-state index in [2.05, 4.69) is 22.8 Å². The molecule has 29 heavy (non-hydrogen) atoms. The van der Waals surface area contributed by atoms with Gasteiger partial charge in [0.15, 0.2) is 0 Å². The highest BCUT2D eigenvalue weighted by Gasteiger charge is 2.28. The van der Waals surface area contributed by atoms with Crippen LogP contribution < -0.4 is 21.2 Å². The molecule has 4 N–H and O–H groups in total. The lowest BCUT2D eigenvalue weighted by molar-refractivity contribution is -0.116. The molecule has 2 aliphatic heterocycles. The highest BCUT2D eigenvalue weighted by atomic mass is 32.2. The number of ether oxygens (including phenoxy) is 1. The molecule has 7 heteroatoms. The molecule has 0 spiro atoms. The van der Waals surface area contributed by atoms with Gasteiger partial charge in [0.2, 0.25) is 0 Å². The van der Waals surface area contributed by atoms with E-state index in [1.165, 1.54) is 0 Å². The number of nitrogen functional groups attached to an aromatic ring is 1. The average molecular weight is 407 g/mol. The third-order valence-electron chi connectivity index (χ3n) is 4.71. The van der Waals surface area contributed by atoms with Gasteiger partial charge >= 0.3 is 0 Å². The van der Waals surface area contributed by atoms with Crippen molar-refractivity contribution < 1.29 is 9.53 Å². The van der Waals surface area contributed by atoms with E-state index >= 15 is 0 Å². The number of allylic oxidation sites excluding steroid dienone is 1. The standard InChI is InChI=1S/C22H22N4O2S/c1-3-4-18-21(22(27)26-25-18)19-12-20(29-15-8-5-13(23)6-9-15)16-11-14(28-2)7-10-17(16)24-19/h5-12,24H,3-4,23H2,1-2H3,(H,26,27)/b21-19-. The molecule has 0 unspecified atom stereocenters. The van der Waals surface area contributed by atoms with Gasteiger partial charge in [-0.3, -0.25) is 4.79 Å². The number of hydrogen-bond donors (Lipinski definition) is 3. The number of nitrogens with zero attached hydrogens (tertiary/aromatic N) is 1. The van der Waals surface area contributed by atoms with Crippen molar-refractivity contribution in [2.24, 2.45) is 5.10 Å². The number of hydrazone groups is 1. The average Bonchev–Trinajstić information content (AvgIpc) is 3.09. The molecule has 0 atom stereocenters. The van der Waals surface area contributed by atoms with Crippen molar-refractivity contribution >= 4 is 39.7 Å². The van der Waals surface area contributed by atoms with Crippen LogP contribution in [0.1, 0.15) is 25.3 Å². The summed E-state index contributed by atoms with van der Waals surface area (Å²) in [6.45, 7) is 2.07. The Morgan fingerprint density at radius 1 is 1.17 bits per heavy atom. The van der Waals surface area contributed by atoms with E-state index in [4.69, 9.17) is 10.5 Å². The molecule has 2 aromatic rings. The summed E-state index contributed by atoms with van der Waals surface area (Å²) in [6, 6.07) is 13.6. The molecule has 1 amide bonds. The number of fused-ring (bicyclic) bond motifs is 1. The molecule has 2 aliphatic rings. The molecule has 6 nitrogen and oxygen atoms in total. The first-order valence-corrected chi connectivity index (χ1v) is 10.2. The summed E-state index contributed by atoms with van der Waals surface area (Å²) in [5.74, 6) is 0.596. The number of hydrogen-bond acceptors (Lipinski definition) is 6. The van der Waals surface area contributed by atoms with Gasteiger partial charge in [0.25, 0.3) is 5.91 Å². The molecule has 4 rings (SSSR count). The fourth-order valence-electron chi connectivity index (χ4n) is 3.29. The van der Waals surface area contributed by atoms with Gasteiger partial charge in [0.05, 0.1) is 24.1 Å². The Morgan fingerprint density at radius 3 is 2.69 bits per heavy atom. The van der Waals surface area contributed by atoms with Crippen LogP contribution in [0.25, 0.3) is 4.91 Å². The summed E-state index contributed by atoms with van der Waals surface area (Å²) in [5, 5.41) is 7.62. The zero-order valence-corrected chi connectivity index (χ0v) is 17.1. The van der Waals surface area contributed by atoms with Crippen molar-refractivity contribution in [3.63, 3.8) is 0 Å². The van der Waals surface area contributed by atoms with Crippen molar-refractivity contribution in [2.75, 3.05) is 18.2 Å². The summed E-state index contributed by atoms with van der Waals surface area (Å²) in [7, 11) is 1.65. The second-order valence-electron chi connectivity index (χ2n) is 6.75. The number of thioether (sulfide) groups is 1. The van der Waals surface area contributed by atoms with E-state index in [0.29, 0.717) is 5.57 Å². The predicted molar refractivity (Wildman–Crippen MR) is 119 cm³/mol. The van der Waals surface area contributed by atoms with E-state index in [1.54, 1.807) is 18.9 Å². The van der Waals surface area contributed by atoms with Gasteiger partial charge in [-0.05, 0) is 55.0 Å². The van der Waals surface area contributed by atoms with Crippen LogP contribution in [0.3, 0.4) is 0 Å². The number of benzene rings is 2. The number of anilines is 2. The van der Waals surface area contributed by atoms with Crippen molar-refractivity contribution in [1.82, 2.24) is 5.43 Å². The molecule has 0 saturated carbocycles. The number of nitrogens with one attached hydrogen (secondary N) is 2. The molecule has 2 heterocycles. The van der Waals surface area contributed by atoms with E-state index in [0.717, 1.165) is 56.7 Å². The molecule has 0 aromatic heterocycles. The van der Waals surface area contributed by atoms with Gasteiger partial charge in [0.1, 0.15) is 5.75 Å². The topological polar surface area (TPSA) is 88.7 Å². The summed E-state index contributed by atoms with van der Waals surface area (Å²) in [6.07, 6.45) is 3.66. The number of carbonyl (C=O) groups is 1. The minimum absolute atomic E-state index is 0.180. The number of amides is 1. The Labute approximate surface area is 173 Å². The second kappa shape index (κ2) is 8.05. The van der Waals surface area contributed by atoms with Crippen LogP contribution in [0, 0.1) is 0 Å². The summed E-state index contributed by atoms with van der Waals surface area (Å²) >= 11 is 1.62. The Morgan fingerprint density at radius 2 is 1.97 bits per heavy atom. The van der Waals surface area contributed by atoms with Gasteiger partial charge in [0, 0.05) is 26.7 Å². The lowest BCUT2D eigenvalue weighted by Crippen LogP contribution is -2.19. The predicted octanol–water partition coefficient (Wildman–Crippen LogP) is 4.38. The molecule has 0 radical (unpaired) electrons. The normalized spacial score (nSPS) is 17.8. The first-order chi connectivity index (χ1) is 14.1. The highest BCUT2D eigenvalue weighted by molar-refractivity contribution is 8.08. The quantitative estimate of drug-likeness (QED) is 0.507. The number of methoxy groups -OCH3 is 1. The van der Waals surface area contributed by atoms with E-state index in [-0.39, 0.29) is 5.91 Å². The fraction of sp³-hybridized carbons (Fsp3) is 0.182. The molecule has 0 saturated heterocycles. The van der Waals surface area contributed by atoms with Gasteiger partial charge in [-0.25, -0.2) is 5.43 Å². The Kier molecular flexibility index (Phi) is 5.31. The monoisotopic (exact) mass is 406 g/mol. The van der Waals surface area contributed by atoms with Crippen molar-refractivity contribution in [1.29, 1.82) is 0 Å². The van der Waals surface area contributed by atoms with E-state index in [1.807, 2.05) is 48.5 Å². The van der Waals surface area contributed by atoms with Crippen molar-refractivity contribution in [3.8, 4) is 5.75 Å². The molecular weight excluding hydrogens is 384 g/mol. The first-order valence-electron chi connectivity index (χ1n) is 9.41. The van der Waals surface area contributed by atoms with Gasteiger partial charge in [-0.15, -0.1) is 0 Å². The van der Waals surface area contributed by atoms with Crippen molar-refractivity contribution in [2.45, 2.75) is 24.7 Å². The minimum Gasteiger partial charge on any atom is -0.497 e. The zero-order valence-electron chi connectivity index (χ0n) is 16.3. The maximum Gasteiger partial charge on any atom is 0.275 e. The van der Waals surface area contributed by atoms with Gasteiger partial charge < -0.3 is 15.8 Å². The molecule has 0 fully saturated rings. The zero-order chi connectivity index (χ0) is 20.4. The van der Waals surface area contributed by atoms with Crippen LogP contribution in [-0.4, -0.2) is 18.7 Å². The lowest BCUT2D eigenvalue weighted by Gasteiger charge is -2.23. The van der Waals surface area contributed by atoms with Gasteiger partial charge in [-0.2, -0.15) is 5.10 Å². The largest absolute Gasteiger partial charge is 0.497 e. The van der Waals surface area contributed by atoms with Crippen molar-refractivity contribution in [3.05, 3.63) is 65.4 Å². The van der Waals surface area contributed by atoms with Crippen LogP contribution in [0.2, 0.25) is 0 Å². The smallest absolute Gasteiger partial charge is 0.275 e. The fourth-order valence-corrected chi connectivity index (χ4v) is 4.27. The number of rotatable bonds is 5. The Balaban J connectivity index is 1.81. The van der Waals surface area contributed by atoms with Crippen LogP contribution in [0.5, 0.6) is 5.75 Å². The second-order valence-corrected chi connectivity index (χ2v) is 7.87. The Bertz CT molecular complexity index is 1050. The third-order valence-corrected chi connectivity index (χ3v) is 5.77. The molecule has 0 bridgehead atoms. The number of nitrogens with two attached hydrogens (primary N) is 1. The molecular formula is C22H22N4O2S. The lowest BCUT2D eigenvalue weighted by atomic mass is 10.00. The van der Waals surface area contributed by atoms with Gasteiger partial charge in [-0.1, -0.05) is 25.1 Å². The third kappa shape index (κ3) is 3.86. The highest BCUT2D eigenvalue weighted by Crippen LogP contribution is 2.43. The molecule has 148 valence electrons. The Hall–Kier alpha value is -3.19. The van der Waals surface area contributed by atoms with E-state index < -0.39 is 0 Å². The minimum atomic E-state index is -0.180. The maximum atomic E-state index is 12.5. The SMILES string of the molecule is CCCC1=NNC(=O)/C1=C1/C=C(Sc2ccc(N)cc2)c2cc(OC)ccc2N1. The molecule has 0 aliphatic carbocycles. The van der Waals surface area contributed by atoms with Crippen LogP contribution >= 0.6 is 11.8 Å². The van der Waals surface area contributed by atoms with Crippen LogP contribution in [-0.2, 0) is 4.79 Å². The summed E-state index contributed by atoms with van der Waals surface area (Å²) in [5.41, 5.74) is 13.2. The summed E-state index contributed by atoms with van der Waals surface area (Å²) in [4.78, 5) is 14.6. The first kappa shape index (κ1) is 19.1. The number of carbonyl (C=O) groups excluding carboxylic acids is 1. The summed E-state index contributed by atoms with van der Waals surface area (Å²) < 4.78 is 5.41. The van der Waals surface area contributed by atoms with Crippen LogP contribution in [0.4, 0.5) is 11.4 Å². The van der Waals surface area contributed by atoms with Crippen LogP contribution in [0.15, 0.2) is 69.8 Å².